The van der Waals surface area contributed by atoms with Gasteiger partial charge >= 0.3 is 14.6 Å². The minimum absolute atomic E-state index is 0.873. The van der Waals surface area contributed by atoms with Crippen molar-refractivity contribution in [2.24, 2.45) is 9.81 Å². The van der Waals surface area contributed by atoms with Gasteiger partial charge in [0.25, 0.3) is 0 Å². The maximum absolute atomic E-state index is 12.7. The standard InChI is InChI=1S/C6H8F2N2O6S2/c1-5(2,3-9)4(11)10-17(12,13)6(7,8)18(14,15)16/h1-2H3,(H,10,11)(H,14,15,16)/p-2. The van der Waals surface area contributed by atoms with E-state index in [0.29, 0.717) is 0 Å². The number of hydrogen-bond acceptors (Lipinski definition) is 7. The number of alkyl halides is 2. The predicted molar refractivity (Wildman–Crippen MR) is 50.4 cm³/mol. The zero-order valence-corrected chi connectivity index (χ0v) is 10.5. The molecule has 0 bridgehead atoms. The van der Waals surface area contributed by atoms with Crippen LogP contribution in [0.3, 0.4) is 0 Å². The summed E-state index contributed by atoms with van der Waals surface area (Å²) >= 11 is 0. The van der Waals surface area contributed by atoms with Gasteiger partial charge in [0, 0.05) is 0 Å². The van der Waals surface area contributed by atoms with Crippen LogP contribution in [0.5, 0.6) is 0 Å². The molecule has 18 heavy (non-hydrogen) atoms. The van der Waals surface area contributed by atoms with E-state index in [-0.39, 0.29) is 0 Å². The molecule has 0 unspecified atom stereocenters. The maximum atomic E-state index is 12.7. The summed E-state index contributed by atoms with van der Waals surface area (Å²) < 4.78 is 73.6. The molecule has 0 fully saturated rings. The van der Waals surface area contributed by atoms with Crippen LogP contribution in [0.1, 0.15) is 13.8 Å². The van der Waals surface area contributed by atoms with E-state index in [0.717, 1.165) is 13.8 Å². The van der Waals surface area contributed by atoms with E-state index < -0.39 is 36.0 Å². The van der Waals surface area contributed by atoms with Crippen molar-refractivity contribution in [3.8, 4) is 6.07 Å². The van der Waals surface area contributed by atoms with Crippen LogP contribution in [0.4, 0.5) is 8.78 Å². The summed E-state index contributed by atoms with van der Waals surface area (Å²) in [5.41, 5.74) is -2.06. The molecule has 0 aliphatic carbocycles. The van der Waals surface area contributed by atoms with Crippen molar-refractivity contribution >= 4 is 26.0 Å². The summed E-state index contributed by atoms with van der Waals surface area (Å²) in [7, 11) is -12.8. The molecule has 0 aromatic rings. The lowest BCUT2D eigenvalue weighted by atomic mass is 9.96. The van der Waals surface area contributed by atoms with Crippen LogP contribution in [0.2, 0.25) is 0 Å². The van der Waals surface area contributed by atoms with Gasteiger partial charge in [-0.3, -0.25) is 0 Å². The van der Waals surface area contributed by atoms with Gasteiger partial charge in [0.05, 0.1) is 11.5 Å². The van der Waals surface area contributed by atoms with Gasteiger partial charge in [0.15, 0.2) is 10.1 Å². The lowest BCUT2D eigenvalue weighted by Gasteiger charge is -2.24. The zero-order valence-electron chi connectivity index (χ0n) is 8.92. The Morgan fingerprint density at radius 1 is 1.28 bits per heavy atom. The molecular weight excluding hydrogens is 298 g/mol. The van der Waals surface area contributed by atoms with Crippen molar-refractivity contribution in [2.75, 3.05) is 0 Å². The predicted octanol–water partition coefficient (Wildman–Crippen LogP) is -1.28. The average Bonchev–Trinajstić information content (AvgIpc) is 2.14. The monoisotopic (exact) mass is 304 g/mol. The molecule has 12 heteroatoms. The molecule has 0 aromatic heterocycles. The van der Waals surface area contributed by atoms with E-state index in [2.05, 4.69) is 0 Å². The molecule has 0 saturated carbocycles. The Balaban J connectivity index is 5.92. The third-order valence-corrected chi connectivity index (χ3v) is 4.44. The first-order chi connectivity index (χ1) is 7.69. The molecular formula is C6H6F2N2O6S2-2. The average molecular weight is 304 g/mol. The normalized spacial score (nSPS) is 15.2. The van der Waals surface area contributed by atoms with Crippen LogP contribution in [0.25, 0.3) is 0 Å². The summed E-state index contributed by atoms with van der Waals surface area (Å²) in [5, 5.41) is 19.5. The van der Waals surface area contributed by atoms with Crippen LogP contribution in [-0.4, -0.2) is 31.9 Å². The smallest absolute Gasteiger partial charge is 0.454 e. The molecule has 0 aromatic carbocycles. The maximum Gasteiger partial charge on any atom is 0.454 e. The van der Waals surface area contributed by atoms with Crippen molar-refractivity contribution < 1.29 is 35.3 Å². The highest BCUT2D eigenvalue weighted by Gasteiger charge is 2.52. The first-order valence-corrected chi connectivity index (χ1v) is 6.80. The SMILES string of the molecule is CC(C)(C#N)C([O-])=NS(=O)(=O)C(F)(F)S(=O)(=O)[O-]. The van der Waals surface area contributed by atoms with E-state index in [4.69, 9.17) is 5.26 Å². The first kappa shape index (κ1) is 16.7. The highest BCUT2D eigenvalue weighted by molar-refractivity contribution is 8.06. The highest BCUT2D eigenvalue weighted by Crippen LogP contribution is 2.29. The van der Waals surface area contributed by atoms with Crippen molar-refractivity contribution in [2.45, 2.75) is 18.4 Å². The number of nitrogens with zero attached hydrogens (tertiary/aromatic N) is 2. The first-order valence-electron chi connectivity index (χ1n) is 3.95. The lowest BCUT2D eigenvalue weighted by Crippen LogP contribution is -2.40. The number of nitriles is 1. The van der Waals surface area contributed by atoms with Gasteiger partial charge in [0.1, 0.15) is 0 Å². The molecule has 0 amide bonds. The molecule has 0 atom stereocenters. The van der Waals surface area contributed by atoms with Crippen molar-refractivity contribution in [3.05, 3.63) is 0 Å². The summed E-state index contributed by atoms with van der Waals surface area (Å²) in [6.07, 6.45) is 0. The molecule has 104 valence electrons. The van der Waals surface area contributed by atoms with Crippen molar-refractivity contribution in [1.82, 2.24) is 0 Å². The number of sulfonamides is 1. The fraction of sp³-hybridized carbons (Fsp3) is 0.667. The van der Waals surface area contributed by atoms with Gasteiger partial charge < -0.3 is 9.66 Å². The highest BCUT2D eigenvalue weighted by atomic mass is 32.3. The van der Waals surface area contributed by atoms with E-state index >= 15 is 0 Å². The second-order valence-electron chi connectivity index (χ2n) is 3.53. The Hall–Kier alpha value is -1.32. The van der Waals surface area contributed by atoms with Gasteiger partial charge in [-0.1, -0.05) is 0 Å². The topological polar surface area (TPSA) is 151 Å². The molecule has 8 nitrogen and oxygen atoms in total. The fourth-order valence-electron chi connectivity index (χ4n) is 0.453. The zero-order chi connectivity index (χ0) is 15.0. The van der Waals surface area contributed by atoms with E-state index in [1.165, 1.54) is 6.07 Å². The van der Waals surface area contributed by atoms with Crippen LogP contribution in [0.15, 0.2) is 4.40 Å². The van der Waals surface area contributed by atoms with Crippen molar-refractivity contribution in [1.29, 1.82) is 5.26 Å². The second kappa shape index (κ2) is 4.41. The van der Waals surface area contributed by atoms with Gasteiger partial charge in [-0.05, 0) is 19.7 Å². The van der Waals surface area contributed by atoms with Crippen LogP contribution in [0, 0.1) is 16.7 Å². The molecule has 0 aliphatic heterocycles. The van der Waals surface area contributed by atoms with E-state index in [9.17, 15) is 35.3 Å². The lowest BCUT2D eigenvalue weighted by molar-refractivity contribution is -0.225. The molecule has 0 spiro atoms. The minimum Gasteiger partial charge on any atom is -0.860 e. The van der Waals surface area contributed by atoms with Gasteiger partial charge in [-0.25, -0.2) is 8.42 Å². The van der Waals surface area contributed by atoms with Gasteiger partial charge in [-0.2, -0.15) is 26.9 Å². The largest absolute Gasteiger partial charge is 0.860 e. The summed E-state index contributed by atoms with van der Waals surface area (Å²) in [6, 6.07) is 1.27. The van der Waals surface area contributed by atoms with Crippen molar-refractivity contribution in [3.63, 3.8) is 0 Å². The van der Waals surface area contributed by atoms with Gasteiger partial charge in [0.2, 0.25) is 0 Å². The Bertz CT molecular complexity index is 613. The summed E-state index contributed by atoms with van der Waals surface area (Å²) in [6.45, 7) is 1.75. The molecule has 0 heterocycles. The molecule has 0 rings (SSSR count). The third-order valence-electron chi connectivity index (χ3n) is 1.61. The third kappa shape index (κ3) is 2.92. The second-order valence-corrected chi connectivity index (χ2v) is 6.85. The van der Waals surface area contributed by atoms with Crippen LogP contribution >= 0.6 is 0 Å². The Morgan fingerprint density at radius 3 is 1.94 bits per heavy atom. The van der Waals surface area contributed by atoms with Crippen LogP contribution < -0.4 is 5.11 Å². The Kier molecular flexibility index (Phi) is 4.09. The number of hydrogen-bond donors (Lipinski definition) is 0. The molecule has 0 aliphatic rings. The Morgan fingerprint density at radius 2 is 1.67 bits per heavy atom. The minimum atomic E-state index is -6.56. The quantitative estimate of drug-likeness (QED) is 0.356. The van der Waals surface area contributed by atoms with E-state index in [1.54, 1.807) is 0 Å². The van der Waals surface area contributed by atoms with Gasteiger partial charge in [-0.15, -0.1) is 0 Å². The Labute approximate surface area is 101 Å². The fourth-order valence-corrected chi connectivity index (χ4v) is 2.15. The molecule has 0 saturated heterocycles. The summed E-state index contributed by atoms with van der Waals surface area (Å²) in [5.74, 6) is -1.81. The number of rotatable bonds is 4. The number of halogens is 2. The molecule has 0 N–H and O–H groups in total. The van der Waals surface area contributed by atoms with E-state index in [1.807, 2.05) is 4.40 Å². The summed E-state index contributed by atoms with van der Waals surface area (Å²) in [4.78, 5) is 0. The van der Waals surface area contributed by atoms with Crippen LogP contribution in [-0.2, 0) is 20.1 Å². The molecule has 0 radical (unpaired) electrons.